The summed E-state index contributed by atoms with van der Waals surface area (Å²) in [6.45, 7) is 5.02. The third-order valence-electron chi connectivity index (χ3n) is 4.46. The first kappa shape index (κ1) is 18.8. The van der Waals surface area contributed by atoms with Crippen LogP contribution in [-0.2, 0) is 10.0 Å². The monoisotopic (exact) mass is 378 g/mol. The number of halogens is 1. The molecule has 1 aliphatic rings. The minimum Gasteiger partial charge on any atom is -0.489 e. The first-order chi connectivity index (χ1) is 12.5. The van der Waals surface area contributed by atoms with E-state index in [1.54, 1.807) is 36.4 Å². The highest BCUT2D eigenvalue weighted by Gasteiger charge is 2.28. The molecular weight excluding hydrogens is 355 g/mol. The van der Waals surface area contributed by atoms with E-state index < -0.39 is 10.0 Å². The molecule has 0 N–H and O–H groups in total. The van der Waals surface area contributed by atoms with Gasteiger partial charge in [-0.3, -0.25) is 4.90 Å². The number of rotatable bonds is 6. The van der Waals surface area contributed by atoms with Gasteiger partial charge in [-0.1, -0.05) is 24.3 Å². The fourth-order valence-corrected chi connectivity index (χ4v) is 4.49. The van der Waals surface area contributed by atoms with Crippen LogP contribution < -0.4 is 4.74 Å². The number of nitrogens with zero attached hydrogens (tertiary/aromatic N) is 2. The second-order valence-corrected chi connectivity index (χ2v) is 8.28. The molecule has 1 aliphatic heterocycles. The lowest BCUT2D eigenvalue weighted by Gasteiger charge is -2.33. The number of benzene rings is 2. The highest BCUT2D eigenvalue weighted by molar-refractivity contribution is 7.89. The summed E-state index contributed by atoms with van der Waals surface area (Å²) < 4.78 is 46.0. The van der Waals surface area contributed by atoms with Crippen molar-refractivity contribution in [2.75, 3.05) is 39.3 Å². The Morgan fingerprint density at radius 1 is 1.04 bits per heavy atom. The second kappa shape index (κ2) is 8.16. The van der Waals surface area contributed by atoms with E-state index in [4.69, 9.17) is 4.74 Å². The van der Waals surface area contributed by atoms with Gasteiger partial charge in [-0.05, 0) is 36.8 Å². The predicted molar refractivity (Wildman–Crippen MR) is 98.3 cm³/mol. The average molecular weight is 378 g/mol. The van der Waals surface area contributed by atoms with Gasteiger partial charge in [-0.25, -0.2) is 12.8 Å². The smallest absolute Gasteiger partial charge is 0.243 e. The largest absolute Gasteiger partial charge is 0.489 e. The Morgan fingerprint density at radius 3 is 2.46 bits per heavy atom. The molecule has 0 saturated carbocycles. The molecule has 140 valence electrons. The Morgan fingerprint density at radius 2 is 1.77 bits per heavy atom. The van der Waals surface area contributed by atoms with E-state index in [0.717, 1.165) is 5.56 Å². The van der Waals surface area contributed by atoms with Gasteiger partial charge in [-0.2, -0.15) is 4.31 Å². The van der Waals surface area contributed by atoms with E-state index in [-0.39, 0.29) is 11.6 Å². The van der Waals surface area contributed by atoms with Gasteiger partial charge in [0.2, 0.25) is 10.0 Å². The summed E-state index contributed by atoms with van der Waals surface area (Å²) in [5, 5.41) is 0. The van der Waals surface area contributed by atoms with E-state index in [9.17, 15) is 12.8 Å². The molecule has 0 spiro atoms. The summed E-state index contributed by atoms with van der Waals surface area (Å²) in [6, 6.07) is 13.3. The lowest BCUT2D eigenvalue weighted by atomic mass is 10.2. The first-order valence-electron chi connectivity index (χ1n) is 8.63. The van der Waals surface area contributed by atoms with Crippen LogP contribution in [0.2, 0.25) is 0 Å². The molecular formula is C19H23FN2O3S. The van der Waals surface area contributed by atoms with E-state index in [2.05, 4.69) is 4.90 Å². The Balaban J connectivity index is 1.50. The van der Waals surface area contributed by atoms with Gasteiger partial charge in [0.25, 0.3) is 0 Å². The zero-order valence-corrected chi connectivity index (χ0v) is 15.6. The standard InChI is InChI=1S/C19H23FN2O3S/c1-16-5-4-6-17(15-16)26(23,24)22-11-9-21(10-12-22)13-14-25-19-8-3-2-7-18(19)20/h2-8,15H,9-14H2,1H3. The van der Waals surface area contributed by atoms with Crippen LogP contribution in [0.5, 0.6) is 5.75 Å². The second-order valence-electron chi connectivity index (χ2n) is 6.34. The average Bonchev–Trinajstić information content (AvgIpc) is 2.64. The van der Waals surface area contributed by atoms with Crippen LogP contribution in [0.1, 0.15) is 5.56 Å². The number of hydrogen-bond donors (Lipinski definition) is 0. The molecule has 5 nitrogen and oxygen atoms in total. The highest BCUT2D eigenvalue weighted by Crippen LogP contribution is 2.19. The van der Waals surface area contributed by atoms with E-state index >= 15 is 0 Å². The lowest BCUT2D eigenvalue weighted by molar-refractivity contribution is 0.157. The molecule has 0 amide bonds. The molecule has 0 aromatic heterocycles. The van der Waals surface area contributed by atoms with E-state index in [1.165, 1.54) is 10.4 Å². The van der Waals surface area contributed by atoms with Gasteiger partial charge in [0.05, 0.1) is 4.90 Å². The van der Waals surface area contributed by atoms with Crippen molar-refractivity contribution < 1.29 is 17.5 Å². The maximum Gasteiger partial charge on any atom is 0.243 e. The number of piperazine rings is 1. The molecule has 7 heteroatoms. The minimum absolute atomic E-state index is 0.244. The van der Waals surface area contributed by atoms with Crippen molar-refractivity contribution in [3.8, 4) is 5.75 Å². The van der Waals surface area contributed by atoms with Crippen molar-refractivity contribution >= 4 is 10.0 Å². The topological polar surface area (TPSA) is 49.9 Å². The predicted octanol–water partition coefficient (Wildman–Crippen LogP) is 2.52. The molecule has 1 saturated heterocycles. The number of aryl methyl sites for hydroxylation is 1. The van der Waals surface area contributed by atoms with E-state index in [1.807, 2.05) is 13.0 Å². The summed E-state index contributed by atoms with van der Waals surface area (Å²) in [7, 11) is -3.45. The molecule has 0 aliphatic carbocycles. The summed E-state index contributed by atoms with van der Waals surface area (Å²) in [4.78, 5) is 2.47. The molecule has 0 atom stereocenters. The highest BCUT2D eigenvalue weighted by atomic mass is 32.2. The maximum atomic E-state index is 13.5. The van der Waals surface area contributed by atoms with E-state index in [0.29, 0.717) is 44.2 Å². The van der Waals surface area contributed by atoms with Crippen LogP contribution in [0.3, 0.4) is 0 Å². The lowest BCUT2D eigenvalue weighted by Crippen LogP contribution is -2.49. The van der Waals surface area contributed by atoms with Crippen molar-refractivity contribution in [2.45, 2.75) is 11.8 Å². The van der Waals surface area contributed by atoms with Crippen LogP contribution in [-0.4, -0.2) is 57.0 Å². The molecule has 0 radical (unpaired) electrons. The number of para-hydroxylation sites is 1. The van der Waals surface area contributed by atoms with Crippen LogP contribution >= 0.6 is 0 Å². The maximum absolute atomic E-state index is 13.5. The zero-order valence-electron chi connectivity index (χ0n) is 14.8. The van der Waals surface area contributed by atoms with Crippen LogP contribution in [0.25, 0.3) is 0 Å². The summed E-state index contributed by atoms with van der Waals surface area (Å²) in [5.74, 6) is -0.130. The van der Waals surface area contributed by atoms with Crippen molar-refractivity contribution in [1.29, 1.82) is 0 Å². The third kappa shape index (κ3) is 4.41. The summed E-state index contributed by atoms with van der Waals surface area (Å²) in [5.41, 5.74) is 0.926. The molecule has 1 fully saturated rings. The van der Waals surface area contributed by atoms with Gasteiger partial charge >= 0.3 is 0 Å². The molecule has 3 rings (SSSR count). The fraction of sp³-hybridized carbons (Fsp3) is 0.368. The molecule has 26 heavy (non-hydrogen) atoms. The Hall–Kier alpha value is -1.96. The summed E-state index contributed by atoms with van der Waals surface area (Å²) in [6.07, 6.45) is 0. The van der Waals surface area contributed by atoms with Gasteiger partial charge in [-0.15, -0.1) is 0 Å². The summed E-state index contributed by atoms with van der Waals surface area (Å²) >= 11 is 0. The van der Waals surface area contributed by atoms with Crippen molar-refractivity contribution in [3.63, 3.8) is 0 Å². The zero-order chi connectivity index (χ0) is 18.6. The van der Waals surface area contributed by atoms with Gasteiger partial charge in [0.15, 0.2) is 11.6 Å². The normalized spacial score (nSPS) is 16.5. The van der Waals surface area contributed by atoms with Gasteiger partial charge in [0, 0.05) is 32.7 Å². The number of ether oxygens (including phenoxy) is 1. The Kier molecular flexibility index (Phi) is 5.90. The molecule has 1 heterocycles. The SMILES string of the molecule is Cc1cccc(S(=O)(=O)N2CCN(CCOc3ccccc3F)CC2)c1. The van der Waals surface area contributed by atoms with Crippen molar-refractivity contribution in [1.82, 2.24) is 9.21 Å². The molecule has 2 aromatic rings. The Labute approximate surface area is 154 Å². The Bertz CT molecular complexity index is 849. The van der Waals surface area contributed by atoms with Crippen LogP contribution in [0.15, 0.2) is 53.4 Å². The molecule has 0 bridgehead atoms. The molecule has 2 aromatic carbocycles. The fourth-order valence-electron chi connectivity index (χ4n) is 2.96. The minimum atomic E-state index is -3.45. The number of sulfonamides is 1. The van der Waals surface area contributed by atoms with Gasteiger partial charge in [0.1, 0.15) is 6.61 Å². The van der Waals surface area contributed by atoms with Crippen LogP contribution in [0, 0.1) is 12.7 Å². The first-order valence-corrected chi connectivity index (χ1v) is 10.1. The third-order valence-corrected chi connectivity index (χ3v) is 6.35. The van der Waals surface area contributed by atoms with Crippen LogP contribution in [0.4, 0.5) is 4.39 Å². The quantitative estimate of drug-likeness (QED) is 0.775. The number of hydrogen-bond acceptors (Lipinski definition) is 4. The van der Waals surface area contributed by atoms with Crippen molar-refractivity contribution in [2.24, 2.45) is 0 Å². The van der Waals surface area contributed by atoms with Crippen molar-refractivity contribution in [3.05, 3.63) is 59.9 Å². The molecule has 0 unspecified atom stereocenters. The van der Waals surface area contributed by atoms with Gasteiger partial charge < -0.3 is 4.74 Å².